The lowest BCUT2D eigenvalue weighted by Gasteiger charge is -2.03. The molecule has 2 aromatic carbocycles. The van der Waals surface area contributed by atoms with E-state index in [0.29, 0.717) is 16.3 Å². The van der Waals surface area contributed by atoms with Crippen LogP contribution >= 0.6 is 11.3 Å². The molecule has 0 atom stereocenters. The molecule has 11 heteroatoms. The third kappa shape index (κ3) is 4.40. The lowest BCUT2D eigenvalue weighted by molar-refractivity contribution is -0.385. The van der Waals surface area contributed by atoms with Crippen molar-refractivity contribution < 1.29 is 14.2 Å². The Morgan fingerprint density at radius 1 is 1.14 bits per heavy atom. The number of aromatic nitrogens is 1. The number of anilines is 1. The van der Waals surface area contributed by atoms with Gasteiger partial charge in [-0.05, 0) is 18.2 Å². The second kappa shape index (κ2) is 8.24. The molecule has 0 saturated carbocycles. The number of nitro groups is 2. The van der Waals surface area contributed by atoms with E-state index in [-0.39, 0.29) is 22.6 Å². The van der Waals surface area contributed by atoms with Gasteiger partial charge >= 0.3 is 0 Å². The van der Waals surface area contributed by atoms with E-state index in [2.05, 4.69) is 10.3 Å². The van der Waals surface area contributed by atoms with Crippen LogP contribution in [0.5, 0.6) is 0 Å². The van der Waals surface area contributed by atoms with E-state index in [9.17, 15) is 29.9 Å². The predicted octanol–water partition coefficient (Wildman–Crippen LogP) is 4.74. The summed E-state index contributed by atoms with van der Waals surface area (Å²) in [6.07, 6.45) is 1.21. The summed E-state index contributed by atoms with van der Waals surface area (Å²) in [6, 6.07) is 10.7. The lowest BCUT2D eigenvalue weighted by atomic mass is 10.1. The van der Waals surface area contributed by atoms with Crippen LogP contribution in [-0.2, 0) is 0 Å². The fourth-order valence-electron chi connectivity index (χ4n) is 2.31. The molecule has 144 valence electrons. The maximum atomic E-state index is 13.8. The summed E-state index contributed by atoms with van der Waals surface area (Å²) in [4.78, 5) is 24.7. The molecule has 3 aromatic rings. The average molecular weight is 411 g/mol. The Morgan fingerprint density at radius 2 is 1.79 bits per heavy atom. The van der Waals surface area contributed by atoms with Crippen molar-refractivity contribution in [3.8, 4) is 17.3 Å². The highest BCUT2D eigenvalue weighted by Gasteiger charge is 2.13. The van der Waals surface area contributed by atoms with Crippen LogP contribution in [0.15, 0.2) is 54.0 Å². The molecular weight excluding hydrogens is 401 g/mol. The number of nitrogens with zero attached hydrogens (tertiary/aromatic N) is 4. The number of nitro benzene ring substituents is 2. The highest BCUT2D eigenvalue weighted by atomic mass is 32.1. The minimum atomic E-state index is -0.713. The molecule has 0 fully saturated rings. The van der Waals surface area contributed by atoms with Crippen LogP contribution in [0.1, 0.15) is 5.01 Å². The number of thiazole rings is 1. The van der Waals surface area contributed by atoms with Crippen molar-refractivity contribution in [3.05, 3.63) is 85.1 Å². The van der Waals surface area contributed by atoms with E-state index in [1.807, 2.05) is 6.07 Å². The summed E-state index contributed by atoms with van der Waals surface area (Å²) in [5.74, 6) is -0.713. The molecule has 1 aromatic heterocycles. The summed E-state index contributed by atoms with van der Waals surface area (Å²) in [6.45, 7) is 0. The van der Waals surface area contributed by atoms with Crippen LogP contribution in [0.4, 0.5) is 21.5 Å². The Bertz CT molecular complexity index is 1170. The maximum absolute atomic E-state index is 13.8. The molecule has 0 unspecified atom stereocenters. The zero-order chi connectivity index (χ0) is 21.0. The molecule has 0 spiro atoms. The van der Waals surface area contributed by atoms with Gasteiger partial charge in [0.2, 0.25) is 0 Å². The van der Waals surface area contributed by atoms with Crippen molar-refractivity contribution in [3.63, 3.8) is 0 Å². The molecule has 1 N–H and O–H groups in total. The highest BCUT2D eigenvalue weighted by molar-refractivity contribution is 7.11. The normalized spacial score (nSPS) is 11.0. The fraction of sp³-hybridized carbons (Fsp3) is 0. The summed E-state index contributed by atoms with van der Waals surface area (Å²) in [5, 5.41) is 35.5. The second-order valence-corrected chi connectivity index (χ2v) is 6.44. The van der Waals surface area contributed by atoms with Gasteiger partial charge in [0.25, 0.3) is 11.4 Å². The van der Waals surface area contributed by atoms with E-state index in [1.54, 1.807) is 17.5 Å². The van der Waals surface area contributed by atoms with Crippen molar-refractivity contribution >= 4 is 34.0 Å². The smallest absolute Gasteiger partial charge is 0.271 e. The van der Waals surface area contributed by atoms with Crippen molar-refractivity contribution in [1.29, 1.82) is 5.26 Å². The van der Waals surface area contributed by atoms with E-state index in [1.165, 1.54) is 18.3 Å². The number of nitrogens with one attached hydrogen (secondary N) is 1. The zero-order valence-electron chi connectivity index (χ0n) is 14.4. The van der Waals surface area contributed by atoms with Gasteiger partial charge in [0.05, 0.1) is 21.2 Å². The number of rotatable bonds is 6. The Labute approximate surface area is 166 Å². The molecule has 0 amide bonds. The average Bonchev–Trinajstić information content (AvgIpc) is 3.19. The van der Waals surface area contributed by atoms with Crippen LogP contribution < -0.4 is 5.32 Å². The molecule has 29 heavy (non-hydrogen) atoms. The SMILES string of the molecule is N#C/C(=C/Nc1cc([N+](=O)[O-])ccc1F)c1nc(-c2ccc([N+](=O)[O-])cc2)cs1. The van der Waals surface area contributed by atoms with Crippen LogP contribution in [0.2, 0.25) is 0 Å². The van der Waals surface area contributed by atoms with Gasteiger partial charge in [0.15, 0.2) is 0 Å². The number of benzene rings is 2. The summed E-state index contributed by atoms with van der Waals surface area (Å²) < 4.78 is 13.8. The number of non-ortho nitro benzene ring substituents is 2. The van der Waals surface area contributed by atoms with Crippen molar-refractivity contribution in [1.82, 2.24) is 4.98 Å². The second-order valence-electron chi connectivity index (χ2n) is 5.58. The monoisotopic (exact) mass is 411 g/mol. The molecular formula is C18H10FN5O4S. The summed E-state index contributed by atoms with van der Waals surface area (Å²) in [5.41, 5.74) is 0.740. The van der Waals surface area contributed by atoms with Crippen molar-refractivity contribution in [2.45, 2.75) is 0 Å². The quantitative estimate of drug-likeness (QED) is 0.351. The molecule has 0 aliphatic rings. The molecule has 9 nitrogen and oxygen atoms in total. The van der Waals surface area contributed by atoms with Gasteiger partial charge in [-0.25, -0.2) is 9.37 Å². The first-order chi connectivity index (χ1) is 13.9. The molecule has 0 aliphatic heterocycles. The standard InChI is InChI=1S/C18H10FN5O4S/c19-15-6-5-14(24(27)28)7-16(15)21-9-12(8-20)18-22-17(10-29-18)11-1-3-13(4-2-11)23(25)26/h1-7,9-10,21H/b12-9-. The summed E-state index contributed by atoms with van der Waals surface area (Å²) in [7, 11) is 0. The fourth-order valence-corrected chi connectivity index (χ4v) is 3.11. The third-order valence-electron chi connectivity index (χ3n) is 3.76. The Kier molecular flexibility index (Phi) is 5.56. The van der Waals surface area contributed by atoms with Crippen LogP contribution in [0.3, 0.4) is 0 Å². The Balaban J connectivity index is 1.84. The van der Waals surface area contributed by atoms with Crippen LogP contribution in [-0.4, -0.2) is 14.8 Å². The first-order valence-corrected chi connectivity index (χ1v) is 8.78. The first-order valence-electron chi connectivity index (χ1n) is 7.90. The topological polar surface area (TPSA) is 135 Å². The van der Waals surface area contributed by atoms with Gasteiger partial charge in [0.1, 0.15) is 22.5 Å². The minimum absolute atomic E-state index is 0.0509. The van der Waals surface area contributed by atoms with Gasteiger partial charge in [-0.2, -0.15) is 5.26 Å². The van der Waals surface area contributed by atoms with Gasteiger partial charge in [0, 0.05) is 41.4 Å². The van der Waals surface area contributed by atoms with E-state index in [4.69, 9.17) is 0 Å². The maximum Gasteiger partial charge on any atom is 0.271 e. The molecule has 0 bridgehead atoms. The summed E-state index contributed by atoms with van der Waals surface area (Å²) >= 11 is 1.16. The van der Waals surface area contributed by atoms with E-state index < -0.39 is 15.7 Å². The first kappa shape index (κ1) is 19.6. The third-order valence-corrected chi connectivity index (χ3v) is 4.64. The van der Waals surface area contributed by atoms with Gasteiger partial charge in [-0.1, -0.05) is 0 Å². The van der Waals surface area contributed by atoms with Crippen molar-refractivity contribution in [2.75, 3.05) is 5.32 Å². The Morgan fingerprint density at radius 3 is 2.41 bits per heavy atom. The molecule has 0 radical (unpaired) electrons. The van der Waals surface area contributed by atoms with Crippen molar-refractivity contribution in [2.24, 2.45) is 0 Å². The lowest BCUT2D eigenvalue weighted by Crippen LogP contribution is -1.96. The number of hydrogen-bond donors (Lipinski definition) is 1. The van der Waals surface area contributed by atoms with Crippen LogP contribution in [0, 0.1) is 37.4 Å². The van der Waals surface area contributed by atoms with Gasteiger partial charge in [-0.3, -0.25) is 20.2 Å². The zero-order valence-corrected chi connectivity index (χ0v) is 15.2. The molecule has 0 aliphatic carbocycles. The van der Waals surface area contributed by atoms with E-state index >= 15 is 0 Å². The van der Waals surface area contributed by atoms with Gasteiger partial charge < -0.3 is 5.32 Å². The number of hydrogen-bond acceptors (Lipinski definition) is 8. The number of nitriles is 1. The van der Waals surface area contributed by atoms with Crippen LogP contribution in [0.25, 0.3) is 16.8 Å². The number of allylic oxidation sites excluding steroid dienone is 1. The number of halogens is 1. The van der Waals surface area contributed by atoms with E-state index in [0.717, 1.165) is 29.5 Å². The van der Waals surface area contributed by atoms with Gasteiger partial charge in [-0.15, -0.1) is 11.3 Å². The molecule has 3 rings (SSSR count). The predicted molar refractivity (Wildman–Crippen MR) is 104 cm³/mol. The molecule has 1 heterocycles. The molecule has 0 saturated heterocycles. The Hall–Kier alpha value is -4.17. The largest absolute Gasteiger partial charge is 0.358 e. The minimum Gasteiger partial charge on any atom is -0.358 e. The highest BCUT2D eigenvalue weighted by Crippen LogP contribution is 2.28.